The summed E-state index contributed by atoms with van der Waals surface area (Å²) in [5, 5.41) is 0.720. The zero-order valence-corrected chi connectivity index (χ0v) is 15.2. The van der Waals surface area contributed by atoms with E-state index in [-0.39, 0.29) is 6.61 Å². The monoisotopic (exact) mass is 370 g/mol. The number of aryl methyl sites for hydroxylation is 2. The number of halogens is 1. The highest BCUT2D eigenvalue weighted by Crippen LogP contribution is 2.22. The van der Waals surface area contributed by atoms with Gasteiger partial charge in [0.1, 0.15) is 23.8 Å². The molecule has 140 valence electrons. The van der Waals surface area contributed by atoms with Gasteiger partial charge in [-0.15, -0.1) is 0 Å². The number of carbonyl (C=O) groups is 1. The maximum Gasteiger partial charge on any atom is 0.347 e. The molecule has 1 heterocycles. The van der Waals surface area contributed by atoms with Gasteiger partial charge in [0.15, 0.2) is 6.10 Å². The van der Waals surface area contributed by atoms with Crippen molar-refractivity contribution >= 4 is 16.9 Å². The number of fused-ring (bicyclic) bond motifs is 1. The van der Waals surface area contributed by atoms with Gasteiger partial charge in [0, 0.05) is 17.0 Å². The molecule has 0 aliphatic carbocycles. The molecule has 2 aromatic carbocycles. The largest absolute Gasteiger partial charge is 0.479 e. The lowest BCUT2D eigenvalue weighted by Crippen LogP contribution is -2.26. The number of hydrogen-bond donors (Lipinski definition) is 0. The number of esters is 1. The normalized spacial score (nSPS) is 12.0. The van der Waals surface area contributed by atoms with Crippen LogP contribution >= 0.6 is 0 Å². The van der Waals surface area contributed by atoms with E-state index in [4.69, 9.17) is 13.9 Å². The third-order valence-electron chi connectivity index (χ3n) is 4.27. The van der Waals surface area contributed by atoms with Crippen molar-refractivity contribution < 1.29 is 23.1 Å². The van der Waals surface area contributed by atoms with Crippen molar-refractivity contribution in [2.75, 3.05) is 0 Å². The second kappa shape index (κ2) is 7.61. The molecule has 0 N–H and O–H groups in total. The highest BCUT2D eigenvalue weighted by molar-refractivity contribution is 5.82. The molecule has 0 radical (unpaired) electrons. The SMILES string of the molecule is Cc1cc2oc(=O)cc(COC(=O)[C@H](C)Oc3ccc(F)cc3)c2cc1C. The number of hydrogen-bond acceptors (Lipinski definition) is 5. The Bertz CT molecular complexity index is 1040. The van der Waals surface area contributed by atoms with Crippen LogP contribution in [0.15, 0.2) is 51.7 Å². The molecule has 3 aromatic rings. The van der Waals surface area contributed by atoms with Crippen LogP contribution in [0.2, 0.25) is 0 Å². The quantitative estimate of drug-likeness (QED) is 0.501. The average molecular weight is 370 g/mol. The van der Waals surface area contributed by atoms with Gasteiger partial charge in [0.05, 0.1) is 0 Å². The molecular formula is C21H19FO5. The third kappa shape index (κ3) is 4.34. The van der Waals surface area contributed by atoms with Gasteiger partial charge in [-0.1, -0.05) is 0 Å². The molecule has 0 saturated heterocycles. The fourth-order valence-electron chi connectivity index (χ4n) is 2.63. The van der Waals surface area contributed by atoms with Gasteiger partial charge in [-0.3, -0.25) is 0 Å². The summed E-state index contributed by atoms with van der Waals surface area (Å²) in [6.45, 7) is 5.33. The fraction of sp³-hybridized carbons (Fsp3) is 0.238. The molecule has 0 spiro atoms. The van der Waals surface area contributed by atoms with Crippen molar-refractivity contribution in [1.29, 1.82) is 0 Å². The molecule has 1 aromatic heterocycles. The first-order valence-electron chi connectivity index (χ1n) is 8.46. The van der Waals surface area contributed by atoms with E-state index in [1.54, 1.807) is 6.07 Å². The maximum atomic E-state index is 12.9. The lowest BCUT2D eigenvalue weighted by Gasteiger charge is -2.14. The first-order valence-corrected chi connectivity index (χ1v) is 8.46. The molecule has 27 heavy (non-hydrogen) atoms. The summed E-state index contributed by atoms with van der Waals surface area (Å²) in [7, 11) is 0. The van der Waals surface area contributed by atoms with Gasteiger partial charge >= 0.3 is 11.6 Å². The molecule has 0 amide bonds. The lowest BCUT2D eigenvalue weighted by molar-refractivity contribution is -0.152. The summed E-state index contributed by atoms with van der Waals surface area (Å²) in [6.07, 6.45) is -0.883. The Morgan fingerprint density at radius 1 is 1.11 bits per heavy atom. The highest BCUT2D eigenvalue weighted by atomic mass is 19.1. The van der Waals surface area contributed by atoms with Gasteiger partial charge in [0.25, 0.3) is 0 Å². The van der Waals surface area contributed by atoms with Gasteiger partial charge in [-0.2, -0.15) is 0 Å². The van der Waals surface area contributed by atoms with Crippen LogP contribution in [0.25, 0.3) is 11.0 Å². The third-order valence-corrected chi connectivity index (χ3v) is 4.27. The van der Waals surface area contributed by atoms with Crippen molar-refractivity contribution in [1.82, 2.24) is 0 Å². The molecule has 3 rings (SSSR count). The molecule has 0 unspecified atom stereocenters. The Labute approximate surface area is 155 Å². The van der Waals surface area contributed by atoms with Gasteiger partial charge in [-0.25, -0.2) is 14.0 Å². The van der Waals surface area contributed by atoms with E-state index in [1.165, 1.54) is 37.3 Å². The molecular weight excluding hydrogens is 351 g/mol. The smallest absolute Gasteiger partial charge is 0.347 e. The van der Waals surface area contributed by atoms with Gasteiger partial charge in [0.2, 0.25) is 0 Å². The average Bonchev–Trinajstić information content (AvgIpc) is 2.62. The van der Waals surface area contributed by atoms with Crippen LogP contribution in [0.3, 0.4) is 0 Å². The van der Waals surface area contributed by atoms with Crippen LogP contribution in [0.1, 0.15) is 23.6 Å². The number of rotatable bonds is 5. The van der Waals surface area contributed by atoms with Crippen molar-refractivity contribution in [2.24, 2.45) is 0 Å². The van der Waals surface area contributed by atoms with E-state index >= 15 is 0 Å². The van der Waals surface area contributed by atoms with Crippen molar-refractivity contribution in [3.8, 4) is 5.75 Å². The van der Waals surface area contributed by atoms with Crippen LogP contribution in [-0.4, -0.2) is 12.1 Å². The van der Waals surface area contributed by atoms with Gasteiger partial charge < -0.3 is 13.9 Å². The van der Waals surface area contributed by atoms with Crippen LogP contribution in [0.4, 0.5) is 4.39 Å². The molecule has 1 atom stereocenters. The minimum atomic E-state index is -0.883. The highest BCUT2D eigenvalue weighted by Gasteiger charge is 2.18. The topological polar surface area (TPSA) is 65.7 Å². The number of ether oxygens (including phenoxy) is 2. The van der Waals surface area contributed by atoms with E-state index in [0.717, 1.165) is 16.5 Å². The molecule has 6 heteroatoms. The maximum absolute atomic E-state index is 12.9. The zero-order chi connectivity index (χ0) is 19.6. The summed E-state index contributed by atoms with van der Waals surface area (Å²) < 4.78 is 28.9. The standard InChI is InChI=1S/C21H19FO5/c1-12-8-18-15(10-20(23)27-19(18)9-13(12)2)11-25-21(24)14(3)26-17-6-4-16(22)5-7-17/h4-10,14H,11H2,1-3H3/t14-/m0/s1. The summed E-state index contributed by atoms with van der Waals surface area (Å²) in [4.78, 5) is 24.0. The predicted octanol–water partition coefficient (Wildman–Crippen LogP) is 4.06. The van der Waals surface area contributed by atoms with Crippen molar-refractivity contribution in [2.45, 2.75) is 33.5 Å². The Morgan fingerprint density at radius 2 is 1.78 bits per heavy atom. The van der Waals surface area contributed by atoms with E-state index in [0.29, 0.717) is 16.9 Å². The summed E-state index contributed by atoms with van der Waals surface area (Å²) in [5.74, 6) is -0.625. The molecule has 0 aliphatic heterocycles. The fourth-order valence-corrected chi connectivity index (χ4v) is 2.63. The van der Waals surface area contributed by atoms with Crippen LogP contribution in [-0.2, 0) is 16.1 Å². The van der Waals surface area contributed by atoms with Crippen LogP contribution in [0.5, 0.6) is 5.75 Å². The molecule has 0 bridgehead atoms. The minimum absolute atomic E-state index is 0.0828. The Morgan fingerprint density at radius 3 is 2.48 bits per heavy atom. The summed E-state index contributed by atoms with van der Waals surface area (Å²) in [6, 6.07) is 10.4. The summed E-state index contributed by atoms with van der Waals surface area (Å²) >= 11 is 0. The van der Waals surface area contributed by atoms with E-state index in [9.17, 15) is 14.0 Å². The second-order valence-corrected chi connectivity index (χ2v) is 6.35. The molecule has 0 fully saturated rings. The summed E-state index contributed by atoms with van der Waals surface area (Å²) in [5.41, 5.74) is 2.55. The van der Waals surface area contributed by atoms with E-state index < -0.39 is 23.5 Å². The van der Waals surface area contributed by atoms with Crippen molar-refractivity contribution in [3.63, 3.8) is 0 Å². The Balaban J connectivity index is 1.74. The zero-order valence-electron chi connectivity index (χ0n) is 15.2. The number of carbonyl (C=O) groups excluding carboxylic acids is 1. The molecule has 5 nitrogen and oxygen atoms in total. The van der Waals surface area contributed by atoms with Crippen LogP contribution in [0, 0.1) is 19.7 Å². The van der Waals surface area contributed by atoms with Gasteiger partial charge in [-0.05, 0) is 68.3 Å². The lowest BCUT2D eigenvalue weighted by atomic mass is 10.0. The van der Waals surface area contributed by atoms with Crippen molar-refractivity contribution in [3.05, 3.63) is 75.4 Å². The Hall–Kier alpha value is -3.15. The molecule has 0 aliphatic rings. The minimum Gasteiger partial charge on any atom is -0.479 e. The molecule has 0 saturated carbocycles. The second-order valence-electron chi connectivity index (χ2n) is 6.35. The number of benzene rings is 2. The first-order chi connectivity index (χ1) is 12.8. The predicted molar refractivity (Wildman–Crippen MR) is 98.2 cm³/mol. The van der Waals surface area contributed by atoms with Crippen LogP contribution < -0.4 is 10.4 Å². The Kier molecular flexibility index (Phi) is 5.26. The van der Waals surface area contributed by atoms with E-state index in [1.807, 2.05) is 19.9 Å². The van der Waals surface area contributed by atoms with E-state index in [2.05, 4.69) is 0 Å². The first kappa shape index (κ1) is 18.6.